The van der Waals surface area contributed by atoms with Crippen LogP contribution in [0.25, 0.3) is 0 Å². The van der Waals surface area contributed by atoms with Crippen molar-refractivity contribution in [2.24, 2.45) is 10.8 Å². The summed E-state index contributed by atoms with van der Waals surface area (Å²) in [7, 11) is 0. The number of benzene rings is 1. The Kier molecular flexibility index (Phi) is 4.72. The summed E-state index contributed by atoms with van der Waals surface area (Å²) >= 11 is 0. The molecular formula is C18H27NO2. The number of aliphatic hydroxyl groups is 1. The highest BCUT2D eigenvalue weighted by molar-refractivity contribution is 5.85. The third-order valence-electron chi connectivity index (χ3n) is 4.13. The van der Waals surface area contributed by atoms with Crippen molar-refractivity contribution in [2.75, 3.05) is 6.61 Å². The molecule has 1 aliphatic rings. The lowest BCUT2D eigenvalue weighted by Gasteiger charge is -2.27. The minimum absolute atomic E-state index is 0.00439. The zero-order valence-corrected chi connectivity index (χ0v) is 13.4. The highest BCUT2D eigenvalue weighted by atomic mass is 16.3. The lowest BCUT2D eigenvalue weighted by atomic mass is 9.87. The van der Waals surface area contributed by atoms with Crippen molar-refractivity contribution in [1.82, 2.24) is 5.32 Å². The van der Waals surface area contributed by atoms with E-state index in [9.17, 15) is 9.90 Å². The maximum absolute atomic E-state index is 12.6. The Bertz CT molecular complexity index is 472. The van der Waals surface area contributed by atoms with Crippen molar-refractivity contribution < 1.29 is 9.90 Å². The summed E-state index contributed by atoms with van der Waals surface area (Å²) in [5.41, 5.74) is 1.06. The van der Waals surface area contributed by atoms with Gasteiger partial charge >= 0.3 is 0 Å². The molecule has 1 amide bonds. The number of aliphatic hydroxyl groups excluding tert-OH is 1. The molecule has 1 saturated carbocycles. The van der Waals surface area contributed by atoms with Crippen LogP contribution in [0.2, 0.25) is 0 Å². The summed E-state index contributed by atoms with van der Waals surface area (Å²) < 4.78 is 0. The first-order valence-electron chi connectivity index (χ1n) is 7.80. The van der Waals surface area contributed by atoms with Gasteiger partial charge in [-0.2, -0.15) is 0 Å². The number of carbonyl (C=O) groups excluding carboxylic acids is 1. The molecule has 21 heavy (non-hydrogen) atoms. The molecule has 1 aromatic carbocycles. The van der Waals surface area contributed by atoms with E-state index in [4.69, 9.17) is 0 Å². The Balaban J connectivity index is 1.96. The quantitative estimate of drug-likeness (QED) is 0.846. The monoisotopic (exact) mass is 289 g/mol. The lowest BCUT2D eigenvalue weighted by molar-refractivity contribution is -0.127. The first kappa shape index (κ1) is 16.0. The number of carbonyl (C=O) groups is 1. The Morgan fingerprint density at radius 2 is 1.90 bits per heavy atom. The average molecular weight is 289 g/mol. The van der Waals surface area contributed by atoms with Crippen LogP contribution in [-0.2, 0) is 11.2 Å². The van der Waals surface area contributed by atoms with Gasteiger partial charge in [-0.05, 0) is 36.7 Å². The van der Waals surface area contributed by atoms with Crippen LogP contribution in [0.1, 0.15) is 45.6 Å². The van der Waals surface area contributed by atoms with Gasteiger partial charge in [-0.3, -0.25) is 4.79 Å². The maximum Gasteiger partial charge on any atom is 0.226 e. The van der Waals surface area contributed by atoms with Crippen molar-refractivity contribution in [3.63, 3.8) is 0 Å². The molecule has 0 aliphatic heterocycles. The summed E-state index contributed by atoms with van der Waals surface area (Å²) in [6.45, 7) is 6.38. The minimum Gasteiger partial charge on any atom is -0.394 e. The second-order valence-corrected chi connectivity index (χ2v) is 7.56. The van der Waals surface area contributed by atoms with Gasteiger partial charge in [-0.1, -0.05) is 51.1 Å². The van der Waals surface area contributed by atoms with Crippen LogP contribution in [0.4, 0.5) is 0 Å². The molecule has 1 fully saturated rings. The summed E-state index contributed by atoms with van der Waals surface area (Å²) in [6, 6.07) is 10.0. The molecule has 0 heterocycles. The molecule has 1 aliphatic carbocycles. The lowest BCUT2D eigenvalue weighted by Crippen LogP contribution is -2.44. The molecule has 1 aromatic rings. The molecule has 1 unspecified atom stereocenters. The van der Waals surface area contributed by atoms with Gasteiger partial charge in [-0.25, -0.2) is 0 Å². The summed E-state index contributed by atoms with van der Waals surface area (Å²) in [5, 5.41) is 12.6. The van der Waals surface area contributed by atoms with Gasteiger partial charge in [0.05, 0.1) is 18.1 Å². The first-order chi connectivity index (χ1) is 9.85. The molecule has 0 saturated heterocycles. The molecular weight excluding hydrogens is 262 g/mol. The predicted molar refractivity (Wildman–Crippen MR) is 84.9 cm³/mol. The third-order valence-corrected chi connectivity index (χ3v) is 4.13. The summed E-state index contributed by atoms with van der Waals surface area (Å²) in [5.74, 6) is 0.106. The normalized spacial score (nSPS) is 18.1. The highest BCUT2D eigenvalue weighted by Gasteiger charge is 2.49. The number of hydrogen-bond acceptors (Lipinski definition) is 2. The second kappa shape index (κ2) is 6.18. The molecule has 0 spiro atoms. The van der Waals surface area contributed by atoms with Crippen molar-refractivity contribution >= 4 is 5.91 Å². The molecule has 2 N–H and O–H groups in total. The number of rotatable bonds is 6. The van der Waals surface area contributed by atoms with E-state index < -0.39 is 0 Å². The minimum atomic E-state index is -0.243. The first-order valence-corrected chi connectivity index (χ1v) is 7.80. The van der Waals surface area contributed by atoms with Gasteiger partial charge in [0, 0.05) is 0 Å². The molecule has 0 bridgehead atoms. The van der Waals surface area contributed by atoms with Crippen molar-refractivity contribution in [3.8, 4) is 0 Å². The largest absolute Gasteiger partial charge is 0.394 e. The van der Waals surface area contributed by atoms with Gasteiger partial charge in [0.1, 0.15) is 0 Å². The van der Waals surface area contributed by atoms with Crippen LogP contribution >= 0.6 is 0 Å². The van der Waals surface area contributed by atoms with Gasteiger partial charge in [-0.15, -0.1) is 0 Å². The van der Waals surface area contributed by atoms with E-state index in [0.29, 0.717) is 0 Å². The Morgan fingerprint density at radius 3 is 2.38 bits per heavy atom. The van der Waals surface area contributed by atoms with E-state index in [1.54, 1.807) is 0 Å². The molecule has 3 nitrogen and oxygen atoms in total. The van der Waals surface area contributed by atoms with E-state index >= 15 is 0 Å². The van der Waals surface area contributed by atoms with E-state index in [-0.39, 0.29) is 29.4 Å². The summed E-state index contributed by atoms with van der Waals surface area (Å²) in [4.78, 5) is 12.6. The standard InChI is InChI=1S/C18H27NO2/c1-17(2,3)12-15(13-20)19-16(21)18(9-10-18)11-14-7-5-4-6-8-14/h4-8,15,20H,9-13H2,1-3H3,(H,19,21). The van der Waals surface area contributed by atoms with E-state index in [0.717, 1.165) is 25.7 Å². The van der Waals surface area contributed by atoms with E-state index in [1.807, 2.05) is 18.2 Å². The second-order valence-electron chi connectivity index (χ2n) is 7.56. The van der Waals surface area contributed by atoms with E-state index in [1.165, 1.54) is 5.56 Å². The smallest absolute Gasteiger partial charge is 0.226 e. The fraction of sp³-hybridized carbons (Fsp3) is 0.611. The Hall–Kier alpha value is -1.35. The van der Waals surface area contributed by atoms with Gasteiger partial charge in [0.15, 0.2) is 0 Å². The third kappa shape index (κ3) is 4.57. The van der Waals surface area contributed by atoms with Gasteiger partial charge < -0.3 is 10.4 Å². The van der Waals surface area contributed by atoms with Crippen molar-refractivity contribution in [3.05, 3.63) is 35.9 Å². The fourth-order valence-electron chi connectivity index (χ4n) is 2.86. The van der Waals surface area contributed by atoms with Crippen LogP contribution in [0.15, 0.2) is 30.3 Å². The molecule has 0 aromatic heterocycles. The molecule has 2 rings (SSSR count). The van der Waals surface area contributed by atoms with Crippen LogP contribution in [0, 0.1) is 10.8 Å². The van der Waals surface area contributed by atoms with Crippen LogP contribution < -0.4 is 5.32 Å². The van der Waals surface area contributed by atoms with Gasteiger partial charge in [0.2, 0.25) is 5.91 Å². The number of hydrogen-bond donors (Lipinski definition) is 2. The van der Waals surface area contributed by atoms with Crippen LogP contribution in [0.5, 0.6) is 0 Å². The molecule has 116 valence electrons. The fourth-order valence-corrected chi connectivity index (χ4v) is 2.86. The molecule has 1 atom stereocenters. The zero-order chi connectivity index (χ0) is 15.5. The predicted octanol–water partition coefficient (Wildman–Crippen LogP) is 2.92. The Labute approximate surface area is 127 Å². The zero-order valence-electron chi connectivity index (χ0n) is 13.4. The topological polar surface area (TPSA) is 49.3 Å². The van der Waals surface area contributed by atoms with Gasteiger partial charge in [0.25, 0.3) is 0 Å². The highest BCUT2D eigenvalue weighted by Crippen LogP contribution is 2.48. The van der Waals surface area contributed by atoms with Crippen LogP contribution in [-0.4, -0.2) is 23.7 Å². The van der Waals surface area contributed by atoms with E-state index in [2.05, 4.69) is 38.2 Å². The maximum atomic E-state index is 12.6. The molecule has 3 heteroatoms. The van der Waals surface area contributed by atoms with Crippen molar-refractivity contribution in [2.45, 2.75) is 52.5 Å². The average Bonchev–Trinajstić information content (AvgIpc) is 3.18. The SMILES string of the molecule is CC(C)(C)CC(CO)NC(=O)C1(Cc2ccccc2)CC1. The van der Waals surface area contributed by atoms with Crippen LogP contribution in [0.3, 0.4) is 0 Å². The number of amides is 1. The Morgan fingerprint density at radius 1 is 1.29 bits per heavy atom. The molecule has 0 radical (unpaired) electrons. The van der Waals surface area contributed by atoms with Crippen molar-refractivity contribution in [1.29, 1.82) is 0 Å². The number of nitrogens with one attached hydrogen (secondary N) is 1. The summed E-state index contributed by atoms with van der Waals surface area (Å²) in [6.07, 6.45) is 3.48.